The highest BCUT2D eigenvalue weighted by molar-refractivity contribution is 7.90. The van der Waals surface area contributed by atoms with Gasteiger partial charge in [0.1, 0.15) is 9.84 Å². The fourth-order valence-corrected chi connectivity index (χ4v) is 1.58. The zero-order valence-corrected chi connectivity index (χ0v) is 8.76. The maximum Gasteiger partial charge on any atom is 0.147 e. The molecule has 0 aromatic heterocycles. The van der Waals surface area contributed by atoms with Crippen LogP contribution in [0.25, 0.3) is 0 Å². The summed E-state index contributed by atoms with van der Waals surface area (Å²) in [5.41, 5.74) is 0. The van der Waals surface area contributed by atoms with Crippen molar-refractivity contribution >= 4 is 9.84 Å². The van der Waals surface area contributed by atoms with Gasteiger partial charge in [-0.05, 0) is 18.8 Å². The maximum atomic E-state index is 10.7. The molecule has 0 fully saturated rings. The summed E-state index contributed by atoms with van der Waals surface area (Å²) >= 11 is 0. The zero-order chi connectivity index (χ0) is 9.78. The predicted octanol–water partition coefficient (Wildman–Crippen LogP) is 0.828. The van der Waals surface area contributed by atoms with E-state index in [1.54, 1.807) is 0 Å². The van der Waals surface area contributed by atoms with Gasteiger partial charge in [0.2, 0.25) is 0 Å². The van der Waals surface area contributed by atoms with Crippen molar-refractivity contribution in [3.05, 3.63) is 0 Å². The smallest absolute Gasteiger partial charge is 0.147 e. The second kappa shape index (κ2) is 4.82. The number of hydrogen-bond acceptors (Lipinski definition) is 3. The van der Waals surface area contributed by atoms with E-state index in [0.29, 0.717) is 12.8 Å². The minimum absolute atomic E-state index is 0.177. The maximum absolute atomic E-state index is 10.7. The van der Waals surface area contributed by atoms with Crippen molar-refractivity contribution in [1.29, 1.82) is 0 Å². The van der Waals surface area contributed by atoms with Crippen LogP contribution in [0.5, 0.6) is 0 Å². The molecule has 74 valence electrons. The molecule has 12 heavy (non-hydrogen) atoms. The van der Waals surface area contributed by atoms with Crippen molar-refractivity contribution in [3.63, 3.8) is 0 Å². The van der Waals surface area contributed by atoms with Crippen LogP contribution in [-0.4, -0.2) is 31.6 Å². The fourth-order valence-electron chi connectivity index (χ4n) is 0.888. The van der Waals surface area contributed by atoms with Gasteiger partial charge in [-0.1, -0.05) is 13.8 Å². The summed E-state index contributed by atoms with van der Waals surface area (Å²) in [6.07, 6.45) is 1.98. The van der Waals surface area contributed by atoms with Crippen LogP contribution in [0.2, 0.25) is 0 Å². The van der Waals surface area contributed by atoms with Gasteiger partial charge < -0.3 is 5.11 Å². The van der Waals surface area contributed by atoms with Crippen LogP contribution in [0, 0.1) is 5.92 Å². The van der Waals surface area contributed by atoms with Crippen LogP contribution in [0.1, 0.15) is 26.7 Å². The molecule has 0 heterocycles. The summed E-state index contributed by atoms with van der Waals surface area (Å²) in [6.45, 7) is 3.84. The Morgan fingerprint density at radius 2 is 1.83 bits per heavy atom. The molecule has 1 atom stereocenters. The molecule has 0 spiro atoms. The highest BCUT2D eigenvalue weighted by atomic mass is 32.2. The first-order valence-corrected chi connectivity index (χ1v) is 6.25. The molecule has 1 N–H and O–H groups in total. The molecule has 4 heteroatoms. The third-order valence-corrected chi connectivity index (χ3v) is 2.81. The van der Waals surface area contributed by atoms with Crippen LogP contribution in [0.15, 0.2) is 0 Å². The van der Waals surface area contributed by atoms with Crippen molar-refractivity contribution in [2.75, 3.05) is 12.0 Å². The summed E-state index contributed by atoms with van der Waals surface area (Å²) in [5, 5.41) is 9.33. The fraction of sp³-hybridized carbons (Fsp3) is 1.00. The van der Waals surface area contributed by atoms with Crippen molar-refractivity contribution < 1.29 is 13.5 Å². The second-order valence-corrected chi connectivity index (χ2v) is 5.84. The molecular weight excluding hydrogens is 176 g/mol. The number of rotatable bonds is 5. The van der Waals surface area contributed by atoms with Gasteiger partial charge in [-0.15, -0.1) is 0 Å². The largest absolute Gasteiger partial charge is 0.393 e. The van der Waals surface area contributed by atoms with E-state index >= 15 is 0 Å². The molecule has 0 amide bonds. The third-order valence-electron chi connectivity index (χ3n) is 1.78. The van der Waals surface area contributed by atoms with Gasteiger partial charge in [0.15, 0.2) is 0 Å². The molecule has 1 unspecified atom stereocenters. The van der Waals surface area contributed by atoms with Gasteiger partial charge in [-0.25, -0.2) is 8.42 Å². The average molecular weight is 194 g/mol. The van der Waals surface area contributed by atoms with E-state index in [9.17, 15) is 13.5 Å². The summed E-state index contributed by atoms with van der Waals surface area (Å²) in [5.74, 6) is 0.390. The summed E-state index contributed by atoms with van der Waals surface area (Å²) in [4.78, 5) is 0. The van der Waals surface area contributed by atoms with Crippen LogP contribution >= 0.6 is 0 Å². The molecule has 0 aliphatic rings. The Labute approximate surface area is 74.7 Å². The zero-order valence-electron chi connectivity index (χ0n) is 7.95. The van der Waals surface area contributed by atoms with Gasteiger partial charge in [-0.3, -0.25) is 0 Å². The number of sulfone groups is 1. The Hall–Kier alpha value is -0.0900. The van der Waals surface area contributed by atoms with Crippen LogP contribution in [0.4, 0.5) is 0 Å². The van der Waals surface area contributed by atoms with Crippen molar-refractivity contribution in [2.45, 2.75) is 32.8 Å². The molecule has 0 saturated heterocycles. The average Bonchev–Trinajstić information content (AvgIpc) is 1.84. The van der Waals surface area contributed by atoms with E-state index in [1.165, 1.54) is 6.26 Å². The SMILES string of the molecule is CC(C)C(O)CCCS(C)(=O)=O. The van der Waals surface area contributed by atoms with Gasteiger partial charge in [-0.2, -0.15) is 0 Å². The number of aliphatic hydroxyl groups is 1. The standard InChI is InChI=1S/C8H18O3S/c1-7(2)8(9)5-4-6-12(3,10)11/h7-9H,4-6H2,1-3H3. The number of hydrogen-bond donors (Lipinski definition) is 1. The highest BCUT2D eigenvalue weighted by Crippen LogP contribution is 2.08. The van der Waals surface area contributed by atoms with Gasteiger partial charge >= 0.3 is 0 Å². The Bertz CT molecular complexity index is 206. The molecule has 0 bridgehead atoms. The number of aliphatic hydroxyl groups excluding tert-OH is 1. The molecule has 0 saturated carbocycles. The second-order valence-electron chi connectivity index (χ2n) is 3.58. The predicted molar refractivity (Wildman–Crippen MR) is 49.8 cm³/mol. The third kappa shape index (κ3) is 6.61. The lowest BCUT2D eigenvalue weighted by atomic mass is 10.0. The van der Waals surface area contributed by atoms with Gasteiger partial charge in [0.25, 0.3) is 0 Å². The van der Waals surface area contributed by atoms with Crippen LogP contribution in [0.3, 0.4) is 0 Å². The normalized spacial score (nSPS) is 15.1. The first-order chi connectivity index (χ1) is 5.33. The Morgan fingerprint density at radius 1 is 1.33 bits per heavy atom. The van der Waals surface area contributed by atoms with E-state index in [2.05, 4.69) is 0 Å². The summed E-state index contributed by atoms with van der Waals surface area (Å²) in [7, 11) is -2.86. The molecule has 0 aromatic rings. The Balaban J connectivity index is 3.58. The summed E-state index contributed by atoms with van der Waals surface area (Å²) < 4.78 is 21.4. The topological polar surface area (TPSA) is 54.4 Å². The molecule has 0 radical (unpaired) electrons. The first-order valence-electron chi connectivity index (χ1n) is 4.18. The van der Waals surface area contributed by atoms with E-state index in [-0.39, 0.29) is 17.8 Å². The molecule has 0 aromatic carbocycles. The Morgan fingerprint density at radius 3 is 2.17 bits per heavy atom. The van der Waals surface area contributed by atoms with E-state index in [1.807, 2.05) is 13.8 Å². The first kappa shape index (κ1) is 11.9. The molecular formula is C8H18O3S. The molecule has 0 aliphatic heterocycles. The van der Waals surface area contributed by atoms with Crippen LogP contribution < -0.4 is 0 Å². The molecule has 3 nitrogen and oxygen atoms in total. The Kier molecular flexibility index (Phi) is 4.78. The minimum Gasteiger partial charge on any atom is -0.393 e. The van der Waals surface area contributed by atoms with E-state index in [4.69, 9.17) is 0 Å². The van der Waals surface area contributed by atoms with Crippen LogP contribution in [-0.2, 0) is 9.84 Å². The summed E-state index contributed by atoms with van der Waals surface area (Å²) in [6, 6.07) is 0. The highest BCUT2D eigenvalue weighted by Gasteiger charge is 2.10. The van der Waals surface area contributed by atoms with E-state index < -0.39 is 9.84 Å². The van der Waals surface area contributed by atoms with Gasteiger partial charge in [0, 0.05) is 12.0 Å². The quantitative estimate of drug-likeness (QED) is 0.705. The monoisotopic (exact) mass is 194 g/mol. The van der Waals surface area contributed by atoms with E-state index in [0.717, 1.165) is 0 Å². The molecule has 0 rings (SSSR count). The van der Waals surface area contributed by atoms with Gasteiger partial charge in [0.05, 0.1) is 6.10 Å². The lowest BCUT2D eigenvalue weighted by Gasteiger charge is -2.13. The minimum atomic E-state index is -2.86. The lowest BCUT2D eigenvalue weighted by Crippen LogP contribution is -2.16. The van der Waals surface area contributed by atoms with Crippen molar-refractivity contribution in [3.8, 4) is 0 Å². The van der Waals surface area contributed by atoms with Crippen molar-refractivity contribution in [2.24, 2.45) is 5.92 Å². The molecule has 0 aliphatic carbocycles. The van der Waals surface area contributed by atoms with Crippen molar-refractivity contribution in [1.82, 2.24) is 0 Å². The lowest BCUT2D eigenvalue weighted by molar-refractivity contribution is 0.115.